The van der Waals surface area contributed by atoms with Gasteiger partial charge in [-0.3, -0.25) is 0 Å². The summed E-state index contributed by atoms with van der Waals surface area (Å²) >= 11 is 0. The Morgan fingerprint density at radius 2 is 2.24 bits per heavy atom. The quantitative estimate of drug-likeness (QED) is 0.866. The molecule has 0 spiro atoms. The van der Waals surface area contributed by atoms with Crippen LogP contribution >= 0.6 is 0 Å². The van der Waals surface area contributed by atoms with E-state index in [0.717, 1.165) is 37.6 Å². The second-order valence-corrected chi connectivity index (χ2v) is 5.04. The molecule has 1 aliphatic rings. The highest BCUT2D eigenvalue weighted by Gasteiger charge is 2.23. The van der Waals surface area contributed by atoms with E-state index in [4.69, 9.17) is 10.5 Å². The van der Waals surface area contributed by atoms with Crippen molar-refractivity contribution >= 4 is 0 Å². The molecule has 1 unspecified atom stereocenters. The largest absolute Gasteiger partial charge is 0.370 e. The summed E-state index contributed by atoms with van der Waals surface area (Å²) in [5.74, 6) is 2.38. The number of ether oxygens (including phenoxy) is 1. The van der Waals surface area contributed by atoms with Crippen molar-refractivity contribution in [2.24, 2.45) is 11.7 Å². The first-order chi connectivity index (χ1) is 8.22. The summed E-state index contributed by atoms with van der Waals surface area (Å²) in [5.41, 5.74) is 5.71. The van der Waals surface area contributed by atoms with Gasteiger partial charge in [-0.1, -0.05) is 13.8 Å². The van der Waals surface area contributed by atoms with Gasteiger partial charge in [0, 0.05) is 13.2 Å². The van der Waals surface area contributed by atoms with Gasteiger partial charge in [-0.2, -0.15) is 0 Å². The van der Waals surface area contributed by atoms with Gasteiger partial charge in [-0.25, -0.2) is 0 Å². The summed E-state index contributed by atoms with van der Waals surface area (Å²) in [4.78, 5) is 0. The van der Waals surface area contributed by atoms with E-state index in [-0.39, 0.29) is 6.10 Å². The minimum Gasteiger partial charge on any atom is -0.370 e. The van der Waals surface area contributed by atoms with E-state index < -0.39 is 0 Å². The number of nitrogens with zero attached hydrogens (tertiary/aromatic N) is 3. The van der Waals surface area contributed by atoms with Crippen molar-refractivity contribution in [3.8, 4) is 0 Å². The molecule has 1 aromatic heterocycles. The Balaban J connectivity index is 2.22. The van der Waals surface area contributed by atoms with Gasteiger partial charge >= 0.3 is 0 Å². The fourth-order valence-electron chi connectivity index (χ4n) is 2.25. The second kappa shape index (κ2) is 5.60. The van der Waals surface area contributed by atoms with E-state index in [0.29, 0.717) is 12.5 Å². The Labute approximate surface area is 102 Å². The van der Waals surface area contributed by atoms with E-state index in [2.05, 4.69) is 28.6 Å². The summed E-state index contributed by atoms with van der Waals surface area (Å²) in [7, 11) is 0. The number of nitrogens with two attached hydrogens (primary N) is 1. The van der Waals surface area contributed by atoms with E-state index in [1.165, 1.54) is 6.42 Å². The smallest absolute Gasteiger partial charge is 0.162 e. The predicted molar refractivity (Wildman–Crippen MR) is 65.3 cm³/mol. The molecular formula is C12H22N4O. The van der Waals surface area contributed by atoms with Gasteiger partial charge in [-0.05, 0) is 25.2 Å². The van der Waals surface area contributed by atoms with Crippen LogP contribution in [0.2, 0.25) is 0 Å². The SMILES string of the molecule is CC(C)Cn1c(CN)nnc1C1CCCCO1. The molecule has 0 saturated carbocycles. The van der Waals surface area contributed by atoms with E-state index in [9.17, 15) is 0 Å². The molecule has 1 fully saturated rings. The molecule has 96 valence electrons. The van der Waals surface area contributed by atoms with Crippen molar-refractivity contribution < 1.29 is 4.74 Å². The van der Waals surface area contributed by atoms with E-state index in [1.807, 2.05) is 0 Å². The predicted octanol–water partition coefficient (Wildman–Crippen LogP) is 1.63. The molecule has 1 saturated heterocycles. The molecule has 0 radical (unpaired) electrons. The zero-order valence-electron chi connectivity index (χ0n) is 10.7. The summed E-state index contributed by atoms with van der Waals surface area (Å²) in [6, 6.07) is 0. The fourth-order valence-corrected chi connectivity index (χ4v) is 2.25. The van der Waals surface area contributed by atoms with Crippen LogP contribution in [0, 0.1) is 5.92 Å². The summed E-state index contributed by atoms with van der Waals surface area (Å²) in [6.07, 6.45) is 3.51. The summed E-state index contributed by atoms with van der Waals surface area (Å²) in [5, 5.41) is 8.44. The van der Waals surface area contributed by atoms with Gasteiger partial charge in [0.1, 0.15) is 11.9 Å². The van der Waals surface area contributed by atoms with Crippen molar-refractivity contribution in [1.29, 1.82) is 0 Å². The molecule has 0 amide bonds. The van der Waals surface area contributed by atoms with Gasteiger partial charge in [-0.15, -0.1) is 10.2 Å². The van der Waals surface area contributed by atoms with Gasteiger partial charge in [0.2, 0.25) is 0 Å². The van der Waals surface area contributed by atoms with Crippen LogP contribution in [0.5, 0.6) is 0 Å². The Morgan fingerprint density at radius 3 is 2.82 bits per heavy atom. The van der Waals surface area contributed by atoms with Crippen LogP contribution < -0.4 is 5.73 Å². The first-order valence-corrected chi connectivity index (χ1v) is 6.46. The van der Waals surface area contributed by atoms with Crippen molar-refractivity contribution in [2.75, 3.05) is 6.61 Å². The standard InChI is InChI=1S/C12H22N4O/c1-9(2)8-16-11(7-13)14-15-12(16)10-5-3-4-6-17-10/h9-10H,3-8,13H2,1-2H3. The number of aromatic nitrogens is 3. The van der Waals surface area contributed by atoms with Crippen LogP contribution in [0.15, 0.2) is 0 Å². The molecule has 2 N–H and O–H groups in total. The van der Waals surface area contributed by atoms with Gasteiger partial charge < -0.3 is 15.0 Å². The number of hydrogen-bond acceptors (Lipinski definition) is 4. The topological polar surface area (TPSA) is 66.0 Å². The Bertz CT molecular complexity index is 355. The summed E-state index contributed by atoms with van der Waals surface area (Å²) < 4.78 is 7.92. The zero-order chi connectivity index (χ0) is 12.3. The molecule has 2 heterocycles. The highest BCUT2D eigenvalue weighted by atomic mass is 16.5. The van der Waals surface area contributed by atoms with Crippen LogP contribution in [0.25, 0.3) is 0 Å². The van der Waals surface area contributed by atoms with Crippen molar-refractivity contribution in [3.63, 3.8) is 0 Å². The zero-order valence-corrected chi connectivity index (χ0v) is 10.7. The van der Waals surface area contributed by atoms with E-state index >= 15 is 0 Å². The maximum absolute atomic E-state index is 5.78. The normalized spacial score (nSPS) is 21.1. The van der Waals surface area contributed by atoms with Gasteiger partial charge in [0.05, 0.1) is 6.54 Å². The van der Waals surface area contributed by atoms with Gasteiger partial charge in [0.15, 0.2) is 5.82 Å². The molecule has 17 heavy (non-hydrogen) atoms. The van der Waals surface area contributed by atoms with Gasteiger partial charge in [0.25, 0.3) is 0 Å². The lowest BCUT2D eigenvalue weighted by Crippen LogP contribution is -2.20. The molecule has 2 rings (SSSR count). The molecule has 0 aromatic carbocycles. The molecule has 5 nitrogen and oxygen atoms in total. The second-order valence-electron chi connectivity index (χ2n) is 5.04. The lowest BCUT2D eigenvalue weighted by Gasteiger charge is -2.23. The molecule has 0 bridgehead atoms. The molecule has 0 aliphatic carbocycles. The number of hydrogen-bond donors (Lipinski definition) is 1. The minimum absolute atomic E-state index is 0.107. The maximum Gasteiger partial charge on any atom is 0.162 e. The number of rotatable bonds is 4. The fraction of sp³-hybridized carbons (Fsp3) is 0.833. The molecule has 1 atom stereocenters. The third kappa shape index (κ3) is 2.84. The Kier molecular flexibility index (Phi) is 4.12. The summed E-state index contributed by atoms with van der Waals surface area (Å²) in [6.45, 7) is 6.55. The minimum atomic E-state index is 0.107. The molecule has 5 heteroatoms. The lowest BCUT2D eigenvalue weighted by molar-refractivity contribution is 0.00672. The van der Waals surface area contributed by atoms with Crippen molar-refractivity contribution in [1.82, 2.24) is 14.8 Å². The lowest BCUT2D eigenvalue weighted by atomic mass is 10.1. The first-order valence-electron chi connectivity index (χ1n) is 6.46. The van der Waals surface area contributed by atoms with Crippen LogP contribution in [0.3, 0.4) is 0 Å². The van der Waals surface area contributed by atoms with Crippen LogP contribution in [0.4, 0.5) is 0 Å². The monoisotopic (exact) mass is 238 g/mol. The average molecular weight is 238 g/mol. The highest BCUT2D eigenvalue weighted by Crippen LogP contribution is 2.27. The van der Waals surface area contributed by atoms with Crippen molar-refractivity contribution in [2.45, 2.75) is 52.3 Å². The van der Waals surface area contributed by atoms with Crippen LogP contribution in [-0.2, 0) is 17.8 Å². The Hall–Kier alpha value is -0.940. The third-order valence-electron chi connectivity index (χ3n) is 3.05. The highest BCUT2D eigenvalue weighted by molar-refractivity contribution is 5.00. The van der Waals surface area contributed by atoms with Crippen LogP contribution in [-0.4, -0.2) is 21.4 Å². The average Bonchev–Trinajstić information content (AvgIpc) is 2.72. The van der Waals surface area contributed by atoms with E-state index in [1.54, 1.807) is 0 Å². The molecule has 1 aromatic rings. The maximum atomic E-state index is 5.78. The van der Waals surface area contributed by atoms with Crippen molar-refractivity contribution in [3.05, 3.63) is 11.6 Å². The van der Waals surface area contributed by atoms with Crippen LogP contribution in [0.1, 0.15) is 50.9 Å². The Morgan fingerprint density at radius 1 is 1.41 bits per heavy atom. The molecule has 1 aliphatic heterocycles. The molecular weight excluding hydrogens is 216 g/mol. The third-order valence-corrected chi connectivity index (χ3v) is 3.05. The first kappa shape index (κ1) is 12.5.